The predicted octanol–water partition coefficient (Wildman–Crippen LogP) is 2.56. The van der Waals surface area contributed by atoms with Gasteiger partial charge in [0.15, 0.2) is 0 Å². The van der Waals surface area contributed by atoms with Gasteiger partial charge in [0, 0.05) is 12.6 Å². The summed E-state index contributed by atoms with van der Waals surface area (Å²) >= 11 is 0. The molecule has 68 valence electrons. The number of nitrogens with one attached hydrogen (secondary N) is 1. The van der Waals surface area contributed by atoms with Gasteiger partial charge in [-0.05, 0) is 6.54 Å². The van der Waals surface area contributed by atoms with Crippen LogP contribution >= 0.6 is 0 Å². The first-order chi connectivity index (χ1) is 5.18. The fourth-order valence-electron chi connectivity index (χ4n) is 0.408. The van der Waals surface area contributed by atoms with Crippen LogP contribution in [0.5, 0.6) is 0 Å². The SMILES string of the molecule is C#N.CCC.CCNC(C)C. The minimum absolute atomic E-state index is 0.648. The molecule has 1 N–H and O–H groups in total. The fraction of sp³-hybridized carbons (Fsp3) is 0.889. The van der Waals surface area contributed by atoms with Crippen LogP contribution in [0.3, 0.4) is 0 Å². The lowest BCUT2D eigenvalue weighted by Gasteiger charge is -2.00. The van der Waals surface area contributed by atoms with Crippen molar-refractivity contribution in [1.82, 2.24) is 5.32 Å². The second-order valence-corrected chi connectivity index (χ2v) is 2.42. The van der Waals surface area contributed by atoms with Crippen molar-refractivity contribution in [3.05, 3.63) is 0 Å². The number of nitriles is 1. The molecule has 0 unspecified atom stereocenters. The van der Waals surface area contributed by atoms with E-state index in [2.05, 4.69) is 46.5 Å². The van der Waals surface area contributed by atoms with E-state index in [4.69, 9.17) is 5.26 Å². The summed E-state index contributed by atoms with van der Waals surface area (Å²) in [6, 6.07) is 0.648. The summed E-state index contributed by atoms with van der Waals surface area (Å²) in [5, 5.41) is 9.71. The quantitative estimate of drug-likeness (QED) is 0.670. The van der Waals surface area contributed by atoms with Gasteiger partial charge in [0.25, 0.3) is 0 Å². The van der Waals surface area contributed by atoms with Crippen molar-refractivity contribution >= 4 is 0 Å². The molecule has 0 aliphatic carbocycles. The number of hydrogen-bond donors (Lipinski definition) is 1. The minimum Gasteiger partial charge on any atom is -0.315 e. The lowest BCUT2D eigenvalue weighted by molar-refractivity contribution is 0.613. The van der Waals surface area contributed by atoms with E-state index in [-0.39, 0.29) is 0 Å². The van der Waals surface area contributed by atoms with E-state index in [0.717, 1.165) is 6.54 Å². The molecule has 0 radical (unpaired) electrons. The summed E-state index contributed by atoms with van der Waals surface area (Å²) in [5.74, 6) is 0. The molecule has 0 aliphatic rings. The second-order valence-electron chi connectivity index (χ2n) is 2.42. The molecular weight excluding hydrogens is 136 g/mol. The highest BCUT2D eigenvalue weighted by Gasteiger charge is 1.82. The highest BCUT2D eigenvalue weighted by atomic mass is 14.9. The molecule has 2 heteroatoms. The maximum atomic E-state index is 6.50. The van der Waals surface area contributed by atoms with Crippen molar-refractivity contribution in [2.45, 2.75) is 47.1 Å². The fourth-order valence-corrected chi connectivity index (χ4v) is 0.408. The van der Waals surface area contributed by atoms with Crippen LogP contribution < -0.4 is 5.32 Å². The van der Waals surface area contributed by atoms with Crippen molar-refractivity contribution in [3.63, 3.8) is 0 Å². The van der Waals surface area contributed by atoms with Gasteiger partial charge in [0.05, 0.1) is 0 Å². The molecule has 2 nitrogen and oxygen atoms in total. The first-order valence-electron chi connectivity index (χ1n) is 4.18. The van der Waals surface area contributed by atoms with Crippen LogP contribution in [0.2, 0.25) is 0 Å². The summed E-state index contributed by atoms with van der Waals surface area (Å²) < 4.78 is 0. The Morgan fingerprint density at radius 2 is 1.45 bits per heavy atom. The van der Waals surface area contributed by atoms with Gasteiger partial charge < -0.3 is 5.32 Å². The molecule has 0 rings (SSSR count). The van der Waals surface area contributed by atoms with Crippen LogP contribution in [0.25, 0.3) is 0 Å². The smallest absolute Gasteiger partial charge is 0.0462 e. The summed E-state index contributed by atoms with van der Waals surface area (Å²) in [6.07, 6.45) is 1.25. The van der Waals surface area contributed by atoms with Gasteiger partial charge in [-0.3, -0.25) is 0 Å². The maximum Gasteiger partial charge on any atom is 0.0462 e. The third-order valence-electron chi connectivity index (χ3n) is 0.612. The molecule has 0 saturated heterocycles. The van der Waals surface area contributed by atoms with Gasteiger partial charge in [-0.1, -0.05) is 41.0 Å². The summed E-state index contributed by atoms with van der Waals surface area (Å²) in [6.45, 7) is 15.2. The molecule has 0 heterocycles. The Bertz CT molecular complexity index is 57.8. The Labute approximate surface area is 71.6 Å². The molecule has 0 aromatic carbocycles. The van der Waals surface area contributed by atoms with Gasteiger partial charge in [-0.25, -0.2) is 5.26 Å². The van der Waals surface area contributed by atoms with Crippen LogP contribution in [0.1, 0.15) is 41.0 Å². The van der Waals surface area contributed by atoms with Crippen molar-refractivity contribution in [1.29, 1.82) is 5.26 Å². The zero-order valence-electron chi connectivity index (χ0n) is 8.52. The first kappa shape index (κ1) is 16.8. The van der Waals surface area contributed by atoms with Gasteiger partial charge in [0.1, 0.15) is 0 Å². The van der Waals surface area contributed by atoms with E-state index in [9.17, 15) is 0 Å². The predicted molar refractivity (Wildman–Crippen MR) is 51.4 cm³/mol. The second kappa shape index (κ2) is 22.7. The minimum atomic E-state index is 0.648. The first-order valence-corrected chi connectivity index (χ1v) is 4.18. The van der Waals surface area contributed by atoms with Crippen molar-refractivity contribution < 1.29 is 0 Å². The number of rotatable bonds is 2. The summed E-state index contributed by atoms with van der Waals surface area (Å²) in [7, 11) is 0. The number of hydrogen-bond acceptors (Lipinski definition) is 2. The van der Waals surface area contributed by atoms with Crippen molar-refractivity contribution in [2.24, 2.45) is 0 Å². The molecular formula is C9H22N2. The third-order valence-corrected chi connectivity index (χ3v) is 0.612. The standard InChI is InChI=1S/C5H13N.C3H8.CHN/c1-4-6-5(2)3;1-3-2;1-2/h5-6H,4H2,1-3H3;3H2,1-2H3;1H. The molecule has 0 aromatic heterocycles. The molecule has 0 aliphatic heterocycles. The highest BCUT2D eigenvalue weighted by molar-refractivity contribution is 4.46. The lowest BCUT2D eigenvalue weighted by Crippen LogP contribution is -2.21. The molecule has 0 saturated carbocycles. The zero-order chi connectivity index (χ0) is 9.70. The van der Waals surface area contributed by atoms with Crippen molar-refractivity contribution in [3.8, 4) is 6.57 Å². The van der Waals surface area contributed by atoms with E-state index in [0.29, 0.717) is 6.04 Å². The van der Waals surface area contributed by atoms with E-state index >= 15 is 0 Å². The molecule has 0 bridgehead atoms. The van der Waals surface area contributed by atoms with Gasteiger partial charge in [-0.15, -0.1) is 0 Å². The highest BCUT2D eigenvalue weighted by Crippen LogP contribution is 1.70. The Morgan fingerprint density at radius 1 is 1.18 bits per heavy atom. The largest absolute Gasteiger partial charge is 0.315 e. The number of nitrogens with zero attached hydrogens (tertiary/aromatic N) is 1. The zero-order valence-corrected chi connectivity index (χ0v) is 8.52. The third kappa shape index (κ3) is 87.4. The Balaban J connectivity index is -0.000000109. The molecule has 0 aromatic rings. The van der Waals surface area contributed by atoms with Crippen LogP contribution in [0.4, 0.5) is 0 Å². The summed E-state index contributed by atoms with van der Waals surface area (Å²) in [4.78, 5) is 0. The molecule has 0 atom stereocenters. The van der Waals surface area contributed by atoms with Crippen LogP contribution in [-0.2, 0) is 0 Å². The average Bonchev–Trinajstić information content (AvgIpc) is 1.93. The maximum absolute atomic E-state index is 6.50. The lowest BCUT2D eigenvalue weighted by atomic mass is 10.4. The van der Waals surface area contributed by atoms with Gasteiger partial charge in [0.2, 0.25) is 0 Å². The van der Waals surface area contributed by atoms with Crippen molar-refractivity contribution in [2.75, 3.05) is 6.54 Å². The van der Waals surface area contributed by atoms with E-state index in [1.807, 2.05) is 0 Å². The Kier molecular flexibility index (Phi) is 34.7. The summed E-state index contributed by atoms with van der Waals surface area (Å²) in [5.41, 5.74) is 0. The molecule has 0 spiro atoms. The van der Waals surface area contributed by atoms with Gasteiger partial charge >= 0.3 is 0 Å². The molecule has 0 fully saturated rings. The average molecular weight is 158 g/mol. The molecule has 0 amide bonds. The van der Waals surface area contributed by atoms with E-state index < -0.39 is 0 Å². The Hall–Kier alpha value is -0.550. The topological polar surface area (TPSA) is 35.8 Å². The van der Waals surface area contributed by atoms with Crippen LogP contribution in [0.15, 0.2) is 0 Å². The Morgan fingerprint density at radius 3 is 1.45 bits per heavy atom. The van der Waals surface area contributed by atoms with E-state index in [1.165, 1.54) is 6.42 Å². The molecule has 11 heavy (non-hydrogen) atoms. The van der Waals surface area contributed by atoms with E-state index in [1.54, 1.807) is 0 Å². The van der Waals surface area contributed by atoms with Crippen LogP contribution in [0, 0.1) is 11.8 Å². The normalized spacial score (nSPS) is 7.27. The van der Waals surface area contributed by atoms with Gasteiger partial charge in [-0.2, -0.15) is 0 Å². The van der Waals surface area contributed by atoms with Crippen LogP contribution in [-0.4, -0.2) is 12.6 Å². The monoisotopic (exact) mass is 158 g/mol.